The molecular weight excluding hydrogens is 278 g/mol. The van der Waals surface area contributed by atoms with Gasteiger partial charge in [-0.2, -0.15) is 4.98 Å². The predicted molar refractivity (Wildman–Crippen MR) is 74.0 cm³/mol. The molecule has 0 amide bonds. The van der Waals surface area contributed by atoms with Gasteiger partial charge in [0.2, 0.25) is 11.7 Å². The normalized spacial score (nSPS) is 12.5. The van der Waals surface area contributed by atoms with E-state index in [0.29, 0.717) is 23.2 Å². The third kappa shape index (κ3) is 2.71. The standard InChI is InChI=1S/C13H12ClN5O/c14-9-3-1-8(2-4-9)12-18-13(20-19-12)11(15)5-10-6-16-7-17-10/h1-4,6-7,11H,5,15H2,(H,16,17)/t11-/m0/s1. The van der Waals surface area contributed by atoms with E-state index >= 15 is 0 Å². The zero-order valence-corrected chi connectivity index (χ0v) is 11.2. The third-order valence-electron chi connectivity index (χ3n) is 2.86. The second-order valence-electron chi connectivity index (χ2n) is 4.35. The summed E-state index contributed by atoms with van der Waals surface area (Å²) in [6, 6.07) is 6.84. The highest BCUT2D eigenvalue weighted by Gasteiger charge is 2.16. The van der Waals surface area contributed by atoms with Crippen LogP contribution in [0.15, 0.2) is 41.3 Å². The van der Waals surface area contributed by atoms with Crippen LogP contribution in [-0.4, -0.2) is 20.1 Å². The van der Waals surface area contributed by atoms with E-state index in [1.165, 1.54) is 0 Å². The lowest BCUT2D eigenvalue weighted by Gasteiger charge is -2.03. The number of benzene rings is 1. The summed E-state index contributed by atoms with van der Waals surface area (Å²) in [7, 11) is 0. The first-order valence-corrected chi connectivity index (χ1v) is 6.42. The SMILES string of the molecule is N[C@@H](Cc1cnc[nH]1)c1nc(-c2ccc(Cl)cc2)no1. The molecule has 0 radical (unpaired) electrons. The second kappa shape index (κ2) is 5.44. The van der Waals surface area contributed by atoms with Gasteiger partial charge in [-0.25, -0.2) is 4.98 Å². The van der Waals surface area contributed by atoms with Crippen molar-refractivity contribution < 1.29 is 4.52 Å². The van der Waals surface area contributed by atoms with Gasteiger partial charge in [-0.1, -0.05) is 16.8 Å². The molecule has 0 unspecified atom stereocenters. The highest BCUT2D eigenvalue weighted by atomic mass is 35.5. The van der Waals surface area contributed by atoms with Crippen molar-refractivity contribution in [3.8, 4) is 11.4 Å². The number of H-pyrrole nitrogens is 1. The molecule has 20 heavy (non-hydrogen) atoms. The van der Waals surface area contributed by atoms with E-state index in [1.54, 1.807) is 24.7 Å². The maximum atomic E-state index is 6.04. The molecule has 7 heteroatoms. The van der Waals surface area contributed by atoms with E-state index < -0.39 is 0 Å². The summed E-state index contributed by atoms with van der Waals surface area (Å²) in [4.78, 5) is 11.2. The first kappa shape index (κ1) is 12.8. The number of aromatic amines is 1. The number of nitrogens with zero attached hydrogens (tertiary/aromatic N) is 3. The third-order valence-corrected chi connectivity index (χ3v) is 3.11. The Bertz CT molecular complexity index is 677. The van der Waals surface area contributed by atoms with Gasteiger partial charge in [0.25, 0.3) is 0 Å². The minimum Gasteiger partial charge on any atom is -0.348 e. The maximum Gasteiger partial charge on any atom is 0.244 e. The fourth-order valence-electron chi connectivity index (χ4n) is 1.82. The summed E-state index contributed by atoms with van der Waals surface area (Å²) in [5.41, 5.74) is 7.79. The number of hydrogen-bond acceptors (Lipinski definition) is 5. The molecule has 0 bridgehead atoms. The average molecular weight is 290 g/mol. The Balaban J connectivity index is 1.77. The number of halogens is 1. The lowest BCUT2D eigenvalue weighted by atomic mass is 10.2. The highest BCUT2D eigenvalue weighted by Crippen LogP contribution is 2.21. The van der Waals surface area contributed by atoms with Gasteiger partial charge >= 0.3 is 0 Å². The molecule has 3 rings (SSSR count). The van der Waals surface area contributed by atoms with Crippen molar-refractivity contribution in [2.45, 2.75) is 12.5 Å². The lowest BCUT2D eigenvalue weighted by Crippen LogP contribution is -2.13. The Hall–Kier alpha value is -2.18. The van der Waals surface area contributed by atoms with Gasteiger partial charge in [-0.05, 0) is 24.3 Å². The van der Waals surface area contributed by atoms with E-state index in [0.717, 1.165) is 11.3 Å². The van der Waals surface area contributed by atoms with Crippen molar-refractivity contribution in [1.82, 2.24) is 20.1 Å². The molecule has 1 atom stereocenters. The van der Waals surface area contributed by atoms with Crippen LogP contribution < -0.4 is 5.73 Å². The molecule has 3 aromatic rings. The van der Waals surface area contributed by atoms with Crippen LogP contribution in [0, 0.1) is 0 Å². The molecule has 102 valence electrons. The van der Waals surface area contributed by atoms with E-state index in [4.69, 9.17) is 21.9 Å². The van der Waals surface area contributed by atoms with Gasteiger partial charge in [0.1, 0.15) is 0 Å². The number of rotatable bonds is 4. The molecule has 0 aliphatic rings. The summed E-state index contributed by atoms with van der Waals surface area (Å²) in [6.07, 6.45) is 3.88. The molecule has 2 aromatic heterocycles. The van der Waals surface area contributed by atoms with Crippen LogP contribution in [-0.2, 0) is 6.42 Å². The zero-order valence-electron chi connectivity index (χ0n) is 10.5. The molecular formula is C13H12ClN5O. The zero-order chi connectivity index (χ0) is 13.9. The molecule has 0 aliphatic heterocycles. The number of imidazole rings is 1. The molecule has 3 N–H and O–H groups in total. The fraction of sp³-hybridized carbons (Fsp3) is 0.154. The molecule has 0 saturated carbocycles. The van der Waals surface area contributed by atoms with Crippen molar-refractivity contribution in [2.24, 2.45) is 5.73 Å². The summed E-state index contributed by atoms with van der Waals surface area (Å²) in [6.45, 7) is 0. The Labute approximate surface area is 120 Å². The molecule has 6 nitrogen and oxygen atoms in total. The smallest absolute Gasteiger partial charge is 0.244 e. The largest absolute Gasteiger partial charge is 0.348 e. The van der Waals surface area contributed by atoms with Crippen LogP contribution in [0.2, 0.25) is 5.02 Å². The van der Waals surface area contributed by atoms with Crippen molar-refractivity contribution in [3.05, 3.63) is 53.4 Å². The number of hydrogen-bond donors (Lipinski definition) is 2. The van der Waals surface area contributed by atoms with Crippen LogP contribution in [0.3, 0.4) is 0 Å². The first-order valence-electron chi connectivity index (χ1n) is 6.05. The summed E-state index contributed by atoms with van der Waals surface area (Å²) in [5, 5.41) is 4.59. The van der Waals surface area contributed by atoms with Crippen LogP contribution in [0.5, 0.6) is 0 Å². The van der Waals surface area contributed by atoms with E-state index in [-0.39, 0.29) is 6.04 Å². The Morgan fingerprint density at radius 1 is 1.30 bits per heavy atom. The number of aromatic nitrogens is 4. The summed E-state index contributed by atoms with van der Waals surface area (Å²) in [5.74, 6) is 0.890. The quantitative estimate of drug-likeness (QED) is 0.769. The van der Waals surface area contributed by atoms with E-state index in [9.17, 15) is 0 Å². The van der Waals surface area contributed by atoms with Gasteiger partial charge in [-0.3, -0.25) is 0 Å². The minimum absolute atomic E-state index is 0.371. The van der Waals surface area contributed by atoms with Gasteiger partial charge in [0.15, 0.2) is 0 Å². The van der Waals surface area contributed by atoms with Gasteiger partial charge in [-0.15, -0.1) is 0 Å². The van der Waals surface area contributed by atoms with E-state index in [2.05, 4.69) is 20.1 Å². The average Bonchev–Trinajstić information content (AvgIpc) is 3.10. The molecule has 0 saturated heterocycles. The van der Waals surface area contributed by atoms with Crippen LogP contribution in [0.4, 0.5) is 0 Å². The van der Waals surface area contributed by atoms with E-state index in [1.807, 2.05) is 12.1 Å². The van der Waals surface area contributed by atoms with Crippen LogP contribution >= 0.6 is 11.6 Å². The van der Waals surface area contributed by atoms with Crippen molar-refractivity contribution >= 4 is 11.6 Å². The van der Waals surface area contributed by atoms with Crippen LogP contribution in [0.1, 0.15) is 17.6 Å². The lowest BCUT2D eigenvalue weighted by molar-refractivity contribution is 0.354. The first-order chi connectivity index (χ1) is 9.72. The number of nitrogens with two attached hydrogens (primary N) is 1. The highest BCUT2D eigenvalue weighted by molar-refractivity contribution is 6.30. The molecule has 2 heterocycles. The van der Waals surface area contributed by atoms with Gasteiger partial charge in [0.05, 0.1) is 12.4 Å². The Morgan fingerprint density at radius 3 is 2.80 bits per heavy atom. The predicted octanol–water partition coefficient (Wildman–Crippen LogP) is 2.36. The topological polar surface area (TPSA) is 93.6 Å². The molecule has 1 aromatic carbocycles. The van der Waals surface area contributed by atoms with Crippen molar-refractivity contribution in [1.29, 1.82) is 0 Å². The fourth-order valence-corrected chi connectivity index (χ4v) is 1.95. The Kier molecular flexibility index (Phi) is 3.49. The molecule has 0 fully saturated rings. The Morgan fingerprint density at radius 2 is 2.10 bits per heavy atom. The maximum absolute atomic E-state index is 6.04. The molecule has 0 aliphatic carbocycles. The monoisotopic (exact) mass is 289 g/mol. The van der Waals surface area contributed by atoms with Crippen molar-refractivity contribution in [3.63, 3.8) is 0 Å². The van der Waals surface area contributed by atoms with Gasteiger partial charge in [0, 0.05) is 28.9 Å². The minimum atomic E-state index is -0.371. The summed E-state index contributed by atoms with van der Waals surface area (Å²) < 4.78 is 5.21. The summed E-state index contributed by atoms with van der Waals surface area (Å²) >= 11 is 5.84. The van der Waals surface area contributed by atoms with Crippen LogP contribution in [0.25, 0.3) is 11.4 Å². The second-order valence-corrected chi connectivity index (χ2v) is 4.79. The van der Waals surface area contributed by atoms with Crippen molar-refractivity contribution in [2.75, 3.05) is 0 Å². The molecule has 0 spiro atoms. The van der Waals surface area contributed by atoms with Gasteiger partial charge < -0.3 is 15.2 Å². The number of nitrogens with one attached hydrogen (secondary N) is 1.